The van der Waals surface area contributed by atoms with Crippen LogP contribution in [0, 0.1) is 0 Å². The zero-order valence-corrected chi connectivity index (χ0v) is 67.8. The number of benzene rings is 15. The van der Waals surface area contributed by atoms with E-state index >= 15 is 0 Å². The van der Waals surface area contributed by atoms with Crippen molar-refractivity contribution < 1.29 is 21.9 Å². The van der Waals surface area contributed by atoms with Crippen molar-refractivity contribution in [3.05, 3.63) is 355 Å². The molecule has 0 amide bonds. The Hall–Kier alpha value is -12.4. The molecule has 2 aromatic heterocycles. The molecule has 0 saturated heterocycles. The molecule has 0 bridgehead atoms. The summed E-state index contributed by atoms with van der Waals surface area (Å²) in [7, 11) is 0. The Bertz CT molecular complexity index is 7130. The lowest BCUT2D eigenvalue weighted by molar-refractivity contribution is 0.568. The van der Waals surface area contributed by atoms with Gasteiger partial charge in [0.1, 0.15) is 0 Å². The average molecular weight is 1500 g/mol. The lowest BCUT2D eigenvalue weighted by atomic mass is 9.33. The zero-order chi connectivity index (χ0) is 93.3. The van der Waals surface area contributed by atoms with Gasteiger partial charge >= 0.3 is 0 Å². The summed E-state index contributed by atoms with van der Waals surface area (Å²) in [5, 5.41) is -0.0245. The number of fused-ring (bicyclic) bond motifs is 10. The molecule has 0 saturated carbocycles. The highest BCUT2D eigenvalue weighted by Crippen LogP contribution is 2.52. The minimum atomic E-state index is -0.516. The quantitative estimate of drug-likeness (QED) is 0.127. The van der Waals surface area contributed by atoms with E-state index in [0.717, 1.165) is 112 Å². The van der Waals surface area contributed by atoms with Crippen LogP contribution in [0.5, 0.6) is 0 Å². The van der Waals surface area contributed by atoms with Gasteiger partial charge in [0.25, 0.3) is 6.71 Å². The molecule has 0 aliphatic carbocycles. The third-order valence-corrected chi connectivity index (χ3v) is 23.5. The highest BCUT2D eigenvalue weighted by Gasteiger charge is 2.46. The van der Waals surface area contributed by atoms with Crippen LogP contribution in [0.3, 0.4) is 0 Å². The fraction of sp³-hybridized carbons (Fsp3) is 0.182. The number of aromatic nitrogens is 2. The highest BCUT2D eigenvalue weighted by atomic mass is 15.2. The summed E-state index contributed by atoms with van der Waals surface area (Å²) in [5.74, 6) is 0. The number of rotatable bonds is 10. The molecule has 115 heavy (non-hydrogen) atoms. The fourth-order valence-electron chi connectivity index (χ4n) is 17.3. The van der Waals surface area contributed by atoms with Crippen LogP contribution in [0.25, 0.3) is 122 Å². The smallest absolute Gasteiger partial charge is 0.252 e. The monoisotopic (exact) mass is 1500 g/mol. The van der Waals surface area contributed by atoms with Gasteiger partial charge in [0.05, 0.1) is 66.7 Å². The predicted octanol–water partition coefficient (Wildman–Crippen LogP) is 28.5. The van der Waals surface area contributed by atoms with Crippen molar-refractivity contribution in [3.63, 3.8) is 0 Å². The van der Waals surface area contributed by atoms with Crippen molar-refractivity contribution in [1.29, 1.82) is 0 Å². The molecule has 17 aromatic rings. The van der Waals surface area contributed by atoms with Crippen molar-refractivity contribution >= 4 is 101 Å². The molecule has 562 valence electrons. The lowest BCUT2D eigenvalue weighted by Crippen LogP contribution is -2.61. The van der Waals surface area contributed by atoms with Gasteiger partial charge in [-0.2, -0.15) is 0 Å². The van der Waals surface area contributed by atoms with Gasteiger partial charge in [-0.3, -0.25) is 0 Å². The minimum Gasteiger partial charge on any atom is -0.311 e. The second kappa shape index (κ2) is 27.1. The number of para-hydroxylation sites is 8. The Morgan fingerprint density at radius 2 is 0.504 bits per heavy atom. The predicted molar refractivity (Wildman–Crippen MR) is 495 cm³/mol. The molecule has 4 nitrogen and oxygen atoms in total. The van der Waals surface area contributed by atoms with Gasteiger partial charge in [0, 0.05) is 66.5 Å². The van der Waals surface area contributed by atoms with E-state index in [9.17, 15) is 11.0 Å². The summed E-state index contributed by atoms with van der Waals surface area (Å²) in [6.07, 6.45) is 0. The van der Waals surface area contributed by atoms with E-state index in [4.69, 9.17) is 11.0 Å². The molecule has 0 spiro atoms. The van der Waals surface area contributed by atoms with Crippen LogP contribution in [0.4, 0.5) is 34.1 Å². The maximum Gasteiger partial charge on any atom is 0.252 e. The molecule has 0 fully saturated rings. The topological polar surface area (TPSA) is 16.3 Å². The first kappa shape index (κ1) is 56.7. The summed E-state index contributed by atoms with van der Waals surface area (Å²) >= 11 is 0. The Morgan fingerprint density at radius 3 is 0.817 bits per heavy atom. The highest BCUT2D eigenvalue weighted by molar-refractivity contribution is 7.00. The van der Waals surface area contributed by atoms with E-state index < -0.39 is 84.6 Å². The van der Waals surface area contributed by atoms with Crippen LogP contribution in [0.1, 0.15) is 154 Å². The molecule has 2 aliphatic heterocycles. The summed E-state index contributed by atoms with van der Waals surface area (Å²) < 4.78 is 150. The largest absolute Gasteiger partial charge is 0.311 e. The molecule has 0 unspecified atom stereocenters. The molecule has 19 rings (SSSR count). The van der Waals surface area contributed by atoms with Crippen molar-refractivity contribution in [1.82, 2.24) is 9.13 Å². The Balaban J connectivity index is 0.878. The van der Waals surface area contributed by atoms with E-state index in [1.165, 1.54) is 22.3 Å². The van der Waals surface area contributed by atoms with Crippen molar-refractivity contribution in [3.8, 4) is 78.1 Å². The minimum absolute atomic E-state index is 0.00613. The molecular weight excluding hydrogens is 1390 g/mol. The fourth-order valence-corrected chi connectivity index (χ4v) is 17.3. The van der Waals surface area contributed by atoms with Crippen LogP contribution >= 0.6 is 0 Å². The van der Waals surface area contributed by atoms with Crippen molar-refractivity contribution in [2.75, 3.05) is 9.80 Å². The van der Waals surface area contributed by atoms with Gasteiger partial charge in [-0.1, -0.05) is 346 Å². The van der Waals surface area contributed by atoms with Crippen molar-refractivity contribution in [2.45, 2.75) is 131 Å². The molecule has 4 heterocycles. The molecule has 2 aliphatic rings. The standard InChI is InChI=1S/C110H99BN4/c1-106(2,3)78-60-76(61-79(66-78)107(4,5)6)70-54-56-101-91(64-70)111-92-65-71(77-62-80(108(7,8)9)67-81(63-77)109(10,11)12)55-57-102(92)115(96-49-27-19-41-86(96)75-37-33-35-73(59-75)84-39-17-25-47-94(84)113-99-52-30-22-44-89(99)90-45-23-31-53-100(90)113)104-69-82(110(13,14)15)68-103(105(104)111)114(101)95-48-26-18-40-85(95)74-36-32-34-72(58-74)83-38-16-24-46-93(83)112-97-50-28-20-42-87(97)88-43-21-29-51-98(88)112/h16-69H,1-15H3/i20D,21D,22D,23D,28D,29D,30D,31D,42D,43D,44D,45D,50D,51D,52D,53D. The molecule has 5 heteroatoms. The Morgan fingerprint density at radius 1 is 0.226 bits per heavy atom. The molecule has 0 atom stereocenters. The average Bonchev–Trinajstić information content (AvgIpc) is 1.63. The maximum absolute atomic E-state index is 9.54. The summed E-state index contributed by atoms with van der Waals surface area (Å²) in [6, 6.07) is 74.4. The second-order valence-electron chi connectivity index (χ2n) is 36.2. The molecule has 15 aromatic carbocycles. The van der Waals surface area contributed by atoms with E-state index in [0.29, 0.717) is 22.5 Å². The maximum atomic E-state index is 9.54. The van der Waals surface area contributed by atoms with Gasteiger partial charge in [-0.05, 0) is 201 Å². The number of hydrogen-bond acceptors (Lipinski definition) is 2. The molecule has 0 N–H and O–H groups in total. The third-order valence-electron chi connectivity index (χ3n) is 23.5. The lowest BCUT2D eigenvalue weighted by Gasteiger charge is -2.46. The summed E-state index contributed by atoms with van der Waals surface area (Å²) in [6.45, 7) is 33.7. The SMILES string of the molecule is [2H]c1c([2H])c([2H])c2c(c1[2H])c1c([2H])c([2H])c([2H])c([2H])c1n2-c1ccccc1-c1cccc(-c2ccccc2N2c3ccc(-c4cc(C(C)(C)C)cc(C(C)(C)C)c4)cc3B3c4cc(-c5cc(C(C)(C)C)cc(C(C)(C)C)c5)ccc4N(c4ccccc4-c4cccc(-c5ccccc5-n5c6c([2H])c([2H])c([2H])c([2H])c6c6c([2H])c([2H])c([2H])c([2H])c65)c4)c4cc(C(C)(C)C)cc2c43)c1. The first-order valence-corrected chi connectivity index (χ1v) is 39.8. The van der Waals surface area contributed by atoms with E-state index in [-0.39, 0.29) is 89.4 Å². The van der Waals surface area contributed by atoms with Gasteiger partial charge in [0.2, 0.25) is 0 Å². The Labute approximate surface area is 702 Å². The summed E-state index contributed by atoms with van der Waals surface area (Å²) in [5.41, 5.74) is 24.9. The third kappa shape index (κ3) is 12.5. The van der Waals surface area contributed by atoms with Crippen molar-refractivity contribution in [2.24, 2.45) is 0 Å². The van der Waals surface area contributed by atoms with Crippen LogP contribution in [-0.2, 0) is 27.1 Å². The van der Waals surface area contributed by atoms with Crippen LogP contribution < -0.4 is 26.2 Å². The van der Waals surface area contributed by atoms with Crippen LogP contribution in [0.2, 0.25) is 0 Å². The van der Waals surface area contributed by atoms with E-state index in [1.807, 2.05) is 72.8 Å². The van der Waals surface area contributed by atoms with E-state index in [1.54, 1.807) is 9.13 Å². The van der Waals surface area contributed by atoms with Gasteiger partial charge in [0.15, 0.2) is 0 Å². The second-order valence-corrected chi connectivity index (χ2v) is 36.2. The number of anilines is 6. The Kier molecular flexibility index (Phi) is 13.4. The van der Waals surface area contributed by atoms with Gasteiger partial charge in [-0.25, -0.2) is 0 Å². The van der Waals surface area contributed by atoms with E-state index in [2.05, 4.69) is 271 Å². The summed E-state index contributed by atoms with van der Waals surface area (Å²) in [4.78, 5) is 4.94. The number of hydrogen-bond donors (Lipinski definition) is 0. The van der Waals surface area contributed by atoms with Gasteiger partial charge < -0.3 is 18.9 Å². The molecular formula is C110H99BN4. The number of nitrogens with zero attached hydrogens (tertiary/aromatic N) is 4. The zero-order valence-electron chi connectivity index (χ0n) is 83.8. The first-order chi connectivity index (χ1) is 61.8. The van der Waals surface area contributed by atoms with Crippen LogP contribution in [0.15, 0.2) is 327 Å². The van der Waals surface area contributed by atoms with Crippen LogP contribution in [-0.4, -0.2) is 15.8 Å². The first-order valence-electron chi connectivity index (χ1n) is 47.8. The molecule has 0 radical (unpaired) electrons. The van der Waals surface area contributed by atoms with Gasteiger partial charge in [-0.15, -0.1) is 0 Å². The normalized spacial score (nSPS) is 15.1.